The van der Waals surface area contributed by atoms with Gasteiger partial charge in [0.2, 0.25) is 0 Å². The zero-order chi connectivity index (χ0) is 13.1. The van der Waals surface area contributed by atoms with Gasteiger partial charge in [-0.25, -0.2) is 0 Å². The Morgan fingerprint density at radius 2 is 2.39 bits per heavy atom. The van der Waals surface area contributed by atoms with Crippen LogP contribution in [0.15, 0.2) is 22.7 Å². The molecule has 1 N–H and O–H groups in total. The second kappa shape index (κ2) is 5.71. The molecule has 0 spiro atoms. The van der Waals surface area contributed by atoms with Crippen molar-refractivity contribution in [3.8, 4) is 5.75 Å². The van der Waals surface area contributed by atoms with Crippen LogP contribution >= 0.6 is 15.9 Å². The highest BCUT2D eigenvalue weighted by atomic mass is 79.9. The Bertz CT molecular complexity index is 450. The molecule has 0 saturated carbocycles. The molecule has 5 heteroatoms. The number of hydrogen-bond acceptors (Lipinski definition) is 3. The van der Waals surface area contributed by atoms with Crippen LogP contribution in [0, 0.1) is 6.92 Å². The van der Waals surface area contributed by atoms with Crippen LogP contribution in [0.2, 0.25) is 0 Å². The minimum Gasteiger partial charge on any atom is -0.483 e. The number of halogens is 1. The fraction of sp³-hybridized carbons (Fsp3) is 0.462. The molecule has 1 fully saturated rings. The number of ether oxygens (including phenoxy) is 1. The first-order valence-electron chi connectivity index (χ1n) is 5.91. The van der Waals surface area contributed by atoms with E-state index in [1.807, 2.05) is 25.1 Å². The Morgan fingerprint density at radius 3 is 3.00 bits per heavy atom. The average molecular weight is 314 g/mol. The summed E-state index contributed by atoms with van der Waals surface area (Å²) in [4.78, 5) is 13.4. The Balaban J connectivity index is 1.89. The second-order valence-corrected chi connectivity index (χ2v) is 5.36. The summed E-state index contributed by atoms with van der Waals surface area (Å²) in [5, 5.41) is 9.37. The topological polar surface area (TPSA) is 49.8 Å². The lowest BCUT2D eigenvalue weighted by atomic mass is 10.2. The predicted octanol–water partition coefficient (Wildman–Crippen LogP) is 1.73. The highest BCUT2D eigenvalue weighted by Crippen LogP contribution is 2.25. The summed E-state index contributed by atoms with van der Waals surface area (Å²) in [6.07, 6.45) is 0.264. The maximum absolute atomic E-state index is 11.8. The molecule has 18 heavy (non-hydrogen) atoms. The number of aliphatic hydroxyl groups is 1. The van der Waals surface area contributed by atoms with Gasteiger partial charge in [0.05, 0.1) is 10.6 Å². The Morgan fingerprint density at radius 1 is 1.61 bits per heavy atom. The van der Waals surface area contributed by atoms with Crippen molar-refractivity contribution in [2.24, 2.45) is 0 Å². The number of carbonyl (C=O) groups is 1. The van der Waals surface area contributed by atoms with Crippen molar-refractivity contribution in [2.75, 3.05) is 19.7 Å². The van der Waals surface area contributed by atoms with Crippen molar-refractivity contribution in [1.82, 2.24) is 4.90 Å². The summed E-state index contributed by atoms with van der Waals surface area (Å²) in [6, 6.07) is 5.72. The molecule has 1 aliphatic heterocycles. The Hall–Kier alpha value is -1.07. The lowest BCUT2D eigenvalue weighted by Crippen LogP contribution is -2.33. The number of aliphatic hydroxyl groups excluding tert-OH is 1. The van der Waals surface area contributed by atoms with Crippen LogP contribution in [0.1, 0.15) is 12.0 Å². The van der Waals surface area contributed by atoms with Crippen molar-refractivity contribution in [2.45, 2.75) is 19.4 Å². The summed E-state index contributed by atoms with van der Waals surface area (Å²) >= 11 is 3.40. The molecule has 1 aromatic rings. The van der Waals surface area contributed by atoms with E-state index in [-0.39, 0.29) is 18.6 Å². The van der Waals surface area contributed by atoms with Gasteiger partial charge >= 0.3 is 0 Å². The average Bonchev–Trinajstić information content (AvgIpc) is 2.74. The van der Waals surface area contributed by atoms with Gasteiger partial charge in [-0.15, -0.1) is 0 Å². The van der Waals surface area contributed by atoms with Crippen LogP contribution < -0.4 is 4.74 Å². The fourth-order valence-corrected chi connectivity index (χ4v) is 2.53. The molecule has 2 rings (SSSR count). The van der Waals surface area contributed by atoms with E-state index >= 15 is 0 Å². The third-order valence-electron chi connectivity index (χ3n) is 2.95. The molecule has 1 atom stereocenters. The molecule has 1 heterocycles. The normalized spacial score (nSPS) is 19.1. The van der Waals surface area contributed by atoms with Gasteiger partial charge in [0.15, 0.2) is 6.61 Å². The second-order valence-electron chi connectivity index (χ2n) is 4.50. The quantitative estimate of drug-likeness (QED) is 0.924. The summed E-state index contributed by atoms with van der Waals surface area (Å²) in [5.41, 5.74) is 1.13. The zero-order valence-electron chi connectivity index (χ0n) is 10.2. The molecule has 1 aromatic carbocycles. The largest absolute Gasteiger partial charge is 0.483 e. The molecule has 1 saturated heterocycles. The molecule has 0 aromatic heterocycles. The minimum atomic E-state index is -0.389. The van der Waals surface area contributed by atoms with E-state index in [9.17, 15) is 9.90 Å². The van der Waals surface area contributed by atoms with Gasteiger partial charge in [-0.2, -0.15) is 0 Å². The first-order valence-corrected chi connectivity index (χ1v) is 6.70. The molecule has 1 aliphatic rings. The van der Waals surface area contributed by atoms with Gasteiger partial charge in [-0.05, 0) is 47.0 Å². The standard InChI is InChI=1S/C13H16BrNO3/c1-9-2-3-12(11(14)6-9)18-8-13(17)15-5-4-10(16)7-15/h2-3,6,10,16H,4-5,7-8H2,1H3/t10-/m1/s1. The number of amides is 1. The molecule has 0 bridgehead atoms. The van der Waals surface area contributed by atoms with Gasteiger partial charge in [-0.3, -0.25) is 4.79 Å². The number of likely N-dealkylation sites (tertiary alicyclic amines) is 1. The molecular formula is C13H16BrNO3. The minimum absolute atomic E-state index is 0.00831. The highest BCUT2D eigenvalue weighted by molar-refractivity contribution is 9.10. The van der Waals surface area contributed by atoms with Crippen molar-refractivity contribution in [3.05, 3.63) is 28.2 Å². The van der Waals surface area contributed by atoms with E-state index in [1.165, 1.54) is 0 Å². The Labute approximate surface area is 115 Å². The molecule has 4 nitrogen and oxygen atoms in total. The van der Waals surface area contributed by atoms with Gasteiger partial charge in [0, 0.05) is 13.1 Å². The van der Waals surface area contributed by atoms with E-state index in [4.69, 9.17) is 4.74 Å². The first kappa shape index (κ1) is 13.4. The van der Waals surface area contributed by atoms with E-state index in [0.29, 0.717) is 25.3 Å². The van der Waals surface area contributed by atoms with Gasteiger partial charge in [0.1, 0.15) is 5.75 Å². The SMILES string of the molecule is Cc1ccc(OCC(=O)N2CC[C@@H](O)C2)c(Br)c1. The smallest absolute Gasteiger partial charge is 0.260 e. The molecule has 1 amide bonds. The first-order chi connectivity index (χ1) is 8.56. The molecule has 0 radical (unpaired) electrons. The van der Waals surface area contributed by atoms with Crippen molar-refractivity contribution in [3.63, 3.8) is 0 Å². The van der Waals surface area contributed by atoms with Crippen LogP contribution in [0.25, 0.3) is 0 Å². The number of hydrogen-bond donors (Lipinski definition) is 1. The van der Waals surface area contributed by atoms with Crippen molar-refractivity contribution < 1.29 is 14.6 Å². The Kier molecular flexibility index (Phi) is 4.24. The molecule has 0 aliphatic carbocycles. The number of carbonyl (C=O) groups excluding carboxylic acids is 1. The monoisotopic (exact) mass is 313 g/mol. The fourth-order valence-electron chi connectivity index (χ4n) is 1.92. The number of rotatable bonds is 3. The summed E-state index contributed by atoms with van der Waals surface area (Å²) in [5.74, 6) is 0.577. The maximum atomic E-state index is 11.8. The van der Waals surface area contributed by atoms with E-state index in [1.54, 1.807) is 4.90 Å². The van der Waals surface area contributed by atoms with Gasteiger partial charge in [0.25, 0.3) is 5.91 Å². The van der Waals surface area contributed by atoms with Crippen molar-refractivity contribution >= 4 is 21.8 Å². The summed E-state index contributed by atoms with van der Waals surface area (Å²) < 4.78 is 6.33. The molecular weight excluding hydrogens is 298 g/mol. The van der Waals surface area contributed by atoms with E-state index in [0.717, 1.165) is 10.0 Å². The third kappa shape index (κ3) is 3.23. The van der Waals surface area contributed by atoms with Crippen LogP contribution in [-0.2, 0) is 4.79 Å². The number of β-amino-alcohol motifs (C(OH)–C–C–N with tert-alkyl or cyclic N) is 1. The molecule has 98 valence electrons. The van der Waals surface area contributed by atoms with Gasteiger partial charge < -0.3 is 14.7 Å². The number of benzene rings is 1. The number of aryl methyl sites for hydroxylation is 1. The maximum Gasteiger partial charge on any atom is 0.260 e. The lowest BCUT2D eigenvalue weighted by molar-refractivity contribution is -0.132. The van der Waals surface area contributed by atoms with Crippen LogP contribution in [0.4, 0.5) is 0 Å². The summed E-state index contributed by atoms with van der Waals surface area (Å²) in [7, 11) is 0. The molecule has 0 unspecified atom stereocenters. The number of nitrogens with zero attached hydrogens (tertiary/aromatic N) is 1. The summed E-state index contributed by atoms with van der Waals surface area (Å²) in [6.45, 7) is 3.02. The highest BCUT2D eigenvalue weighted by Gasteiger charge is 2.24. The third-order valence-corrected chi connectivity index (χ3v) is 3.57. The lowest BCUT2D eigenvalue weighted by Gasteiger charge is -2.16. The van der Waals surface area contributed by atoms with E-state index < -0.39 is 0 Å². The van der Waals surface area contributed by atoms with Gasteiger partial charge in [-0.1, -0.05) is 6.07 Å². The van der Waals surface area contributed by atoms with Crippen LogP contribution in [-0.4, -0.2) is 41.7 Å². The predicted molar refractivity (Wildman–Crippen MR) is 71.6 cm³/mol. The van der Waals surface area contributed by atoms with E-state index in [2.05, 4.69) is 15.9 Å². The van der Waals surface area contributed by atoms with Crippen molar-refractivity contribution in [1.29, 1.82) is 0 Å². The zero-order valence-corrected chi connectivity index (χ0v) is 11.8. The van der Waals surface area contributed by atoms with Crippen LogP contribution in [0.5, 0.6) is 5.75 Å². The van der Waals surface area contributed by atoms with Crippen LogP contribution in [0.3, 0.4) is 0 Å².